The average molecular weight is 285 g/mol. The van der Waals surface area contributed by atoms with Crippen molar-refractivity contribution >= 4 is 23.2 Å². The Morgan fingerprint density at radius 1 is 1.47 bits per heavy atom. The van der Waals surface area contributed by atoms with Crippen molar-refractivity contribution in [3.63, 3.8) is 0 Å². The molecule has 0 aliphatic carbocycles. The van der Waals surface area contributed by atoms with Gasteiger partial charge in [-0.05, 0) is 56.5 Å². The van der Waals surface area contributed by atoms with Crippen LogP contribution in [0.2, 0.25) is 5.02 Å². The van der Waals surface area contributed by atoms with Crippen LogP contribution in [0.4, 0.5) is 10.1 Å². The molecule has 5 heteroatoms. The monoisotopic (exact) mass is 284 g/mol. The molecule has 0 bridgehead atoms. The fourth-order valence-electron chi connectivity index (χ4n) is 2.36. The minimum absolute atomic E-state index is 0.0905. The highest BCUT2D eigenvalue weighted by Gasteiger charge is 2.14. The Hall–Kier alpha value is -1.13. The van der Waals surface area contributed by atoms with Gasteiger partial charge < -0.3 is 10.6 Å². The second-order valence-electron chi connectivity index (χ2n) is 4.96. The average Bonchev–Trinajstić information content (AvgIpc) is 2.36. The van der Waals surface area contributed by atoms with E-state index in [1.165, 1.54) is 25.0 Å². The van der Waals surface area contributed by atoms with Crippen molar-refractivity contribution in [2.75, 3.05) is 18.4 Å². The van der Waals surface area contributed by atoms with Crippen molar-refractivity contribution in [1.29, 1.82) is 0 Å². The SMILES string of the molecule is O=C(CCC1CCCNC1)Nc1cc(F)cc(Cl)c1. The fraction of sp³-hybridized carbons (Fsp3) is 0.500. The first-order valence-electron chi connectivity index (χ1n) is 6.60. The largest absolute Gasteiger partial charge is 0.326 e. The zero-order valence-electron chi connectivity index (χ0n) is 10.7. The van der Waals surface area contributed by atoms with Gasteiger partial charge in [0.1, 0.15) is 5.82 Å². The van der Waals surface area contributed by atoms with Gasteiger partial charge in [0.2, 0.25) is 5.91 Å². The Labute approximate surface area is 117 Å². The van der Waals surface area contributed by atoms with Gasteiger partial charge in [0.25, 0.3) is 0 Å². The maximum absolute atomic E-state index is 13.1. The highest BCUT2D eigenvalue weighted by Crippen LogP contribution is 2.19. The van der Waals surface area contributed by atoms with E-state index in [-0.39, 0.29) is 10.9 Å². The molecular formula is C14H18ClFN2O. The van der Waals surface area contributed by atoms with Crippen LogP contribution in [0.25, 0.3) is 0 Å². The lowest BCUT2D eigenvalue weighted by Gasteiger charge is -2.22. The molecule has 1 heterocycles. The van der Waals surface area contributed by atoms with E-state index in [0.717, 1.165) is 19.5 Å². The summed E-state index contributed by atoms with van der Waals surface area (Å²) in [5.74, 6) is 0.0297. The third-order valence-corrected chi connectivity index (χ3v) is 3.54. The molecule has 104 valence electrons. The minimum Gasteiger partial charge on any atom is -0.326 e. The fourth-order valence-corrected chi connectivity index (χ4v) is 2.58. The number of anilines is 1. The van der Waals surface area contributed by atoms with Gasteiger partial charge >= 0.3 is 0 Å². The summed E-state index contributed by atoms with van der Waals surface area (Å²) in [6.07, 6.45) is 3.67. The second-order valence-corrected chi connectivity index (χ2v) is 5.39. The van der Waals surface area contributed by atoms with Crippen LogP contribution in [0, 0.1) is 11.7 Å². The Morgan fingerprint density at radius 3 is 3.00 bits per heavy atom. The Bertz CT molecular complexity index is 427. The van der Waals surface area contributed by atoms with E-state index >= 15 is 0 Å². The first-order valence-corrected chi connectivity index (χ1v) is 6.98. The van der Waals surface area contributed by atoms with Gasteiger partial charge in [0.05, 0.1) is 0 Å². The van der Waals surface area contributed by atoms with Crippen molar-refractivity contribution in [3.05, 3.63) is 29.0 Å². The number of rotatable bonds is 4. The summed E-state index contributed by atoms with van der Waals surface area (Å²) >= 11 is 5.73. The van der Waals surface area contributed by atoms with Crippen LogP contribution in [-0.4, -0.2) is 19.0 Å². The number of carbonyl (C=O) groups excluding carboxylic acids is 1. The molecule has 1 atom stereocenters. The van der Waals surface area contributed by atoms with Crippen molar-refractivity contribution < 1.29 is 9.18 Å². The molecule has 0 spiro atoms. The predicted octanol–water partition coefficient (Wildman–Crippen LogP) is 3.20. The summed E-state index contributed by atoms with van der Waals surface area (Å²) in [5, 5.41) is 6.29. The van der Waals surface area contributed by atoms with Crippen LogP contribution < -0.4 is 10.6 Å². The Kier molecular flexibility index (Phi) is 5.16. The third-order valence-electron chi connectivity index (χ3n) is 3.32. The summed E-state index contributed by atoms with van der Waals surface area (Å²) in [7, 11) is 0. The first-order chi connectivity index (χ1) is 9.13. The van der Waals surface area contributed by atoms with Crippen LogP contribution >= 0.6 is 11.6 Å². The highest BCUT2D eigenvalue weighted by molar-refractivity contribution is 6.30. The first kappa shape index (κ1) is 14.3. The molecule has 1 aliphatic rings. The van der Waals surface area contributed by atoms with Crippen LogP contribution in [0.3, 0.4) is 0 Å². The van der Waals surface area contributed by atoms with Gasteiger partial charge in [-0.3, -0.25) is 4.79 Å². The standard InChI is InChI=1S/C14H18ClFN2O/c15-11-6-12(16)8-13(7-11)18-14(19)4-3-10-2-1-5-17-9-10/h6-8,10,17H,1-5,9H2,(H,18,19). The Balaban J connectivity index is 1.80. The lowest BCUT2D eigenvalue weighted by atomic mass is 9.94. The third kappa shape index (κ3) is 4.80. The summed E-state index contributed by atoms with van der Waals surface area (Å²) in [5.41, 5.74) is 0.414. The van der Waals surface area contributed by atoms with Crippen LogP contribution in [0.1, 0.15) is 25.7 Å². The van der Waals surface area contributed by atoms with E-state index in [0.29, 0.717) is 18.0 Å². The number of hydrogen-bond donors (Lipinski definition) is 2. The number of benzene rings is 1. The van der Waals surface area contributed by atoms with Crippen LogP contribution in [0.15, 0.2) is 18.2 Å². The normalized spacial score (nSPS) is 19.2. The quantitative estimate of drug-likeness (QED) is 0.891. The molecule has 2 rings (SSSR count). The maximum atomic E-state index is 13.1. The van der Waals surface area contributed by atoms with Crippen LogP contribution in [-0.2, 0) is 4.79 Å². The van der Waals surface area contributed by atoms with Crippen molar-refractivity contribution in [3.8, 4) is 0 Å². The molecule has 1 saturated heterocycles. The molecule has 1 unspecified atom stereocenters. The molecule has 1 aromatic carbocycles. The van der Waals surface area contributed by atoms with Crippen molar-refractivity contribution in [2.24, 2.45) is 5.92 Å². The smallest absolute Gasteiger partial charge is 0.224 e. The molecule has 1 aromatic rings. The zero-order chi connectivity index (χ0) is 13.7. The summed E-state index contributed by atoms with van der Waals surface area (Å²) in [6.45, 7) is 2.06. The summed E-state index contributed by atoms with van der Waals surface area (Å²) < 4.78 is 13.1. The van der Waals surface area contributed by atoms with E-state index in [9.17, 15) is 9.18 Å². The van der Waals surface area contributed by atoms with Gasteiger partial charge in [0, 0.05) is 17.1 Å². The number of piperidine rings is 1. The molecule has 1 fully saturated rings. The van der Waals surface area contributed by atoms with E-state index in [2.05, 4.69) is 10.6 Å². The molecule has 1 amide bonds. The molecule has 0 aromatic heterocycles. The number of nitrogens with one attached hydrogen (secondary N) is 2. The lowest BCUT2D eigenvalue weighted by molar-refractivity contribution is -0.116. The van der Waals surface area contributed by atoms with E-state index in [4.69, 9.17) is 11.6 Å². The Morgan fingerprint density at radius 2 is 2.32 bits per heavy atom. The van der Waals surface area contributed by atoms with E-state index in [1.807, 2.05) is 0 Å². The summed E-state index contributed by atoms with van der Waals surface area (Å²) in [6, 6.07) is 4.03. The number of hydrogen-bond acceptors (Lipinski definition) is 2. The van der Waals surface area contributed by atoms with Gasteiger partial charge in [0.15, 0.2) is 0 Å². The molecular weight excluding hydrogens is 267 g/mol. The number of amides is 1. The number of halogens is 2. The summed E-state index contributed by atoms with van der Waals surface area (Å²) in [4.78, 5) is 11.8. The van der Waals surface area contributed by atoms with Crippen molar-refractivity contribution in [1.82, 2.24) is 5.32 Å². The minimum atomic E-state index is -0.445. The number of carbonyl (C=O) groups is 1. The van der Waals surface area contributed by atoms with E-state index in [1.54, 1.807) is 6.07 Å². The van der Waals surface area contributed by atoms with Gasteiger partial charge in [-0.1, -0.05) is 11.6 Å². The molecule has 1 aliphatic heterocycles. The predicted molar refractivity (Wildman–Crippen MR) is 74.9 cm³/mol. The molecule has 3 nitrogen and oxygen atoms in total. The second kappa shape index (κ2) is 6.87. The van der Waals surface area contributed by atoms with Crippen LogP contribution in [0.5, 0.6) is 0 Å². The molecule has 19 heavy (non-hydrogen) atoms. The zero-order valence-corrected chi connectivity index (χ0v) is 11.5. The molecule has 2 N–H and O–H groups in total. The molecule has 0 radical (unpaired) electrons. The molecule has 0 saturated carbocycles. The maximum Gasteiger partial charge on any atom is 0.224 e. The van der Waals surface area contributed by atoms with Crippen molar-refractivity contribution in [2.45, 2.75) is 25.7 Å². The van der Waals surface area contributed by atoms with Gasteiger partial charge in [-0.2, -0.15) is 0 Å². The highest BCUT2D eigenvalue weighted by atomic mass is 35.5. The van der Waals surface area contributed by atoms with E-state index < -0.39 is 5.82 Å². The topological polar surface area (TPSA) is 41.1 Å². The van der Waals surface area contributed by atoms with Gasteiger partial charge in [-0.15, -0.1) is 0 Å². The lowest BCUT2D eigenvalue weighted by Crippen LogP contribution is -2.30. The van der Waals surface area contributed by atoms with Gasteiger partial charge in [-0.25, -0.2) is 4.39 Å².